The third-order valence-electron chi connectivity index (χ3n) is 7.52. The predicted molar refractivity (Wildman–Crippen MR) is 146 cm³/mol. The van der Waals surface area contributed by atoms with Gasteiger partial charge in [0.15, 0.2) is 0 Å². The number of imidazole rings is 1. The molecule has 0 N–H and O–H groups in total. The van der Waals surface area contributed by atoms with Crippen molar-refractivity contribution in [3.05, 3.63) is 90.0 Å². The second kappa shape index (κ2) is 14.1. The highest BCUT2D eigenvalue weighted by Gasteiger charge is 2.39. The molecule has 2 heteroatoms. The van der Waals surface area contributed by atoms with Crippen LogP contribution in [0.25, 0.3) is 0 Å². The van der Waals surface area contributed by atoms with Crippen LogP contribution in [0.2, 0.25) is 0 Å². The number of aromatic nitrogens is 2. The maximum atomic E-state index is 5.03. The smallest absolute Gasteiger partial charge is 0.112 e. The largest absolute Gasteiger partial charge is 0.335 e. The van der Waals surface area contributed by atoms with E-state index < -0.39 is 0 Å². The van der Waals surface area contributed by atoms with Gasteiger partial charge in [-0.15, -0.1) is 0 Å². The molecule has 2 atom stereocenters. The summed E-state index contributed by atoms with van der Waals surface area (Å²) >= 11 is 0. The van der Waals surface area contributed by atoms with Gasteiger partial charge in [0.25, 0.3) is 0 Å². The normalized spacial score (nSPS) is 14.1. The van der Waals surface area contributed by atoms with E-state index in [2.05, 4.69) is 92.2 Å². The van der Waals surface area contributed by atoms with E-state index in [1.807, 2.05) is 6.20 Å². The molecule has 0 bridgehead atoms. The molecule has 1 heterocycles. The molecule has 0 fully saturated rings. The number of nitrogens with zero attached hydrogens (tertiary/aromatic N) is 2. The van der Waals surface area contributed by atoms with E-state index in [4.69, 9.17) is 4.98 Å². The van der Waals surface area contributed by atoms with E-state index in [1.165, 1.54) is 81.2 Å². The molecule has 184 valence electrons. The third kappa shape index (κ3) is 7.32. The summed E-state index contributed by atoms with van der Waals surface area (Å²) in [6.07, 6.45) is 18.2. The summed E-state index contributed by atoms with van der Waals surface area (Å²) in [7, 11) is 0. The van der Waals surface area contributed by atoms with Crippen LogP contribution < -0.4 is 0 Å². The highest BCUT2D eigenvalue weighted by molar-refractivity contribution is 5.33. The number of hydrogen-bond donors (Lipinski definition) is 0. The van der Waals surface area contributed by atoms with Crippen molar-refractivity contribution in [2.24, 2.45) is 0 Å². The minimum atomic E-state index is -0.0137. The van der Waals surface area contributed by atoms with Gasteiger partial charge in [0.1, 0.15) is 5.82 Å². The zero-order chi connectivity index (χ0) is 24.1. The van der Waals surface area contributed by atoms with Crippen LogP contribution in [0.4, 0.5) is 0 Å². The average molecular weight is 459 g/mol. The van der Waals surface area contributed by atoms with Crippen molar-refractivity contribution in [1.82, 2.24) is 9.55 Å². The summed E-state index contributed by atoms with van der Waals surface area (Å²) in [5, 5.41) is 0. The highest BCUT2D eigenvalue weighted by Crippen LogP contribution is 2.44. The summed E-state index contributed by atoms with van der Waals surface area (Å²) in [5.74, 6) is 1.67. The van der Waals surface area contributed by atoms with Gasteiger partial charge in [-0.25, -0.2) is 4.98 Å². The van der Waals surface area contributed by atoms with Gasteiger partial charge >= 0.3 is 0 Å². The molecule has 0 radical (unpaired) electrons. The molecule has 2 unspecified atom stereocenters. The van der Waals surface area contributed by atoms with Crippen molar-refractivity contribution >= 4 is 0 Å². The fourth-order valence-electron chi connectivity index (χ4n) is 5.48. The van der Waals surface area contributed by atoms with Crippen molar-refractivity contribution in [1.29, 1.82) is 0 Å². The van der Waals surface area contributed by atoms with Gasteiger partial charge in [-0.1, -0.05) is 133 Å². The van der Waals surface area contributed by atoms with Crippen LogP contribution in [0.5, 0.6) is 0 Å². The van der Waals surface area contributed by atoms with Crippen LogP contribution in [0, 0.1) is 0 Å². The van der Waals surface area contributed by atoms with E-state index in [-0.39, 0.29) is 5.41 Å². The first-order chi connectivity index (χ1) is 16.7. The first kappa shape index (κ1) is 26.3. The fraction of sp³-hybridized carbons (Fsp3) is 0.531. The molecule has 0 aliphatic carbocycles. The zero-order valence-electron chi connectivity index (χ0n) is 21.9. The Morgan fingerprint density at radius 2 is 1.38 bits per heavy atom. The zero-order valence-corrected chi connectivity index (χ0v) is 21.9. The summed E-state index contributed by atoms with van der Waals surface area (Å²) in [6, 6.07) is 22.3. The van der Waals surface area contributed by atoms with Crippen LogP contribution in [0.1, 0.15) is 108 Å². The lowest BCUT2D eigenvalue weighted by atomic mass is 9.66. The van der Waals surface area contributed by atoms with Crippen molar-refractivity contribution in [2.75, 3.05) is 0 Å². The van der Waals surface area contributed by atoms with Gasteiger partial charge < -0.3 is 4.57 Å². The number of aryl methyl sites for hydroxylation is 1. The minimum Gasteiger partial charge on any atom is -0.335 e. The van der Waals surface area contributed by atoms with E-state index in [0.717, 1.165) is 13.0 Å². The molecule has 2 nitrogen and oxygen atoms in total. The van der Waals surface area contributed by atoms with Gasteiger partial charge in [0, 0.05) is 30.3 Å². The molecule has 34 heavy (non-hydrogen) atoms. The summed E-state index contributed by atoms with van der Waals surface area (Å²) in [4.78, 5) is 5.03. The molecule has 2 aromatic carbocycles. The Balaban J connectivity index is 1.93. The summed E-state index contributed by atoms with van der Waals surface area (Å²) < 4.78 is 2.47. The van der Waals surface area contributed by atoms with Crippen LogP contribution in [-0.2, 0) is 18.4 Å². The maximum absolute atomic E-state index is 5.03. The average Bonchev–Trinajstić information content (AvgIpc) is 3.33. The second-order valence-corrected chi connectivity index (χ2v) is 10.2. The van der Waals surface area contributed by atoms with Gasteiger partial charge in [0.05, 0.1) is 0 Å². The SMILES string of the molecule is CCCCCCCn1ccnc1C(CCCCCC)C(C)(Cc1ccccc1)c1ccccc1. The summed E-state index contributed by atoms with van der Waals surface area (Å²) in [5.41, 5.74) is 2.82. The molecule has 3 aromatic rings. The monoisotopic (exact) mass is 458 g/mol. The Bertz CT molecular complexity index is 914. The van der Waals surface area contributed by atoms with Gasteiger partial charge in [-0.2, -0.15) is 0 Å². The Morgan fingerprint density at radius 1 is 0.765 bits per heavy atom. The van der Waals surface area contributed by atoms with Crippen molar-refractivity contribution < 1.29 is 0 Å². The van der Waals surface area contributed by atoms with Crippen LogP contribution in [-0.4, -0.2) is 9.55 Å². The number of benzene rings is 2. The van der Waals surface area contributed by atoms with Crippen molar-refractivity contribution in [3.63, 3.8) is 0 Å². The highest BCUT2D eigenvalue weighted by atomic mass is 15.1. The molecule has 0 amide bonds. The maximum Gasteiger partial charge on any atom is 0.112 e. The molecule has 3 rings (SSSR count). The second-order valence-electron chi connectivity index (χ2n) is 10.2. The van der Waals surface area contributed by atoms with Crippen molar-refractivity contribution in [3.8, 4) is 0 Å². The van der Waals surface area contributed by atoms with Gasteiger partial charge in [-0.05, 0) is 30.4 Å². The van der Waals surface area contributed by atoms with Crippen LogP contribution in [0.15, 0.2) is 73.1 Å². The number of rotatable bonds is 16. The first-order valence-corrected chi connectivity index (χ1v) is 13.8. The Morgan fingerprint density at radius 3 is 2.06 bits per heavy atom. The molecule has 0 saturated carbocycles. The van der Waals surface area contributed by atoms with E-state index in [9.17, 15) is 0 Å². The topological polar surface area (TPSA) is 17.8 Å². The Labute approximate surface area is 208 Å². The molecular weight excluding hydrogens is 412 g/mol. The lowest BCUT2D eigenvalue weighted by Gasteiger charge is -2.39. The van der Waals surface area contributed by atoms with E-state index in [1.54, 1.807) is 0 Å². The minimum absolute atomic E-state index is 0.0137. The number of unbranched alkanes of at least 4 members (excludes halogenated alkanes) is 7. The van der Waals surface area contributed by atoms with Crippen LogP contribution in [0.3, 0.4) is 0 Å². The predicted octanol–water partition coefficient (Wildman–Crippen LogP) is 9.11. The van der Waals surface area contributed by atoms with Gasteiger partial charge in [-0.3, -0.25) is 0 Å². The molecule has 1 aromatic heterocycles. The fourth-order valence-corrected chi connectivity index (χ4v) is 5.48. The first-order valence-electron chi connectivity index (χ1n) is 13.8. The Hall–Kier alpha value is -2.35. The lowest BCUT2D eigenvalue weighted by molar-refractivity contribution is 0.322. The van der Waals surface area contributed by atoms with E-state index >= 15 is 0 Å². The van der Waals surface area contributed by atoms with E-state index in [0.29, 0.717) is 5.92 Å². The Kier molecular flexibility index (Phi) is 10.9. The van der Waals surface area contributed by atoms with Gasteiger partial charge in [0.2, 0.25) is 0 Å². The lowest BCUT2D eigenvalue weighted by Crippen LogP contribution is -2.35. The number of hydrogen-bond acceptors (Lipinski definition) is 1. The molecule has 0 aliphatic rings. The third-order valence-corrected chi connectivity index (χ3v) is 7.52. The molecular formula is C32H46N2. The molecule has 0 spiro atoms. The quantitative estimate of drug-likeness (QED) is 0.196. The van der Waals surface area contributed by atoms with Crippen molar-refractivity contribution in [2.45, 2.75) is 109 Å². The standard InChI is InChI=1S/C32H46N2/c1-4-6-8-10-18-25-34-26-24-33-31(34)30(23-17-9-7-5-2)32(3,29-21-15-12-16-22-29)27-28-19-13-11-14-20-28/h11-16,19-22,24,26,30H,4-10,17-18,23,25,27H2,1-3H3. The molecule has 0 aliphatic heterocycles. The van der Waals surface area contributed by atoms with Crippen LogP contribution >= 0.6 is 0 Å². The molecule has 0 saturated heterocycles. The summed E-state index contributed by atoms with van der Waals surface area (Å²) in [6.45, 7) is 8.15.